The minimum absolute atomic E-state index is 0.176. The molecule has 5 nitrogen and oxygen atoms in total. The first-order chi connectivity index (χ1) is 8.61. The number of nitrogens with one attached hydrogen (secondary N) is 2. The van der Waals surface area contributed by atoms with E-state index in [0.29, 0.717) is 18.7 Å². The summed E-state index contributed by atoms with van der Waals surface area (Å²) in [5, 5.41) is 4.98. The predicted molar refractivity (Wildman–Crippen MR) is 64.7 cm³/mol. The number of urea groups is 1. The van der Waals surface area contributed by atoms with Crippen molar-refractivity contribution in [3.63, 3.8) is 0 Å². The van der Waals surface area contributed by atoms with Gasteiger partial charge in [-0.05, 0) is 30.7 Å². The van der Waals surface area contributed by atoms with E-state index in [2.05, 4.69) is 10.6 Å². The Morgan fingerprint density at radius 3 is 2.67 bits per heavy atom. The van der Waals surface area contributed by atoms with E-state index in [0.717, 1.165) is 0 Å². The maximum absolute atomic E-state index is 12.8. The Morgan fingerprint density at radius 1 is 1.39 bits per heavy atom. The van der Waals surface area contributed by atoms with Crippen molar-refractivity contribution < 1.29 is 14.0 Å². The first-order valence-corrected chi connectivity index (χ1v) is 5.67. The van der Waals surface area contributed by atoms with Crippen molar-refractivity contribution in [3.05, 3.63) is 30.1 Å². The number of anilines is 1. The van der Waals surface area contributed by atoms with E-state index in [1.54, 1.807) is 17.0 Å². The van der Waals surface area contributed by atoms with Crippen LogP contribution in [0.4, 0.5) is 14.9 Å². The van der Waals surface area contributed by atoms with Crippen LogP contribution in [-0.2, 0) is 4.79 Å². The number of carbonyl (C=O) groups is 2. The van der Waals surface area contributed by atoms with Crippen molar-refractivity contribution in [2.24, 2.45) is 0 Å². The molecule has 0 aliphatic carbocycles. The van der Waals surface area contributed by atoms with Gasteiger partial charge in [0.05, 0.1) is 0 Å². The average Bonchev–Trinajstić information content (AvgIpc) is 2.72. The van der Waals surface area contributed by atoms with Crippen molar-refractivity contribution in [1.82, 2.24) is 10.6 Å². The van der Waals surface area contributed by atoms with Gasteiger partial charge >= 0.3 is 6.03 Å². The molecular formula is C12H14FN3O2. The summed E-state index contributed by atoms with van der Waals surface area (Å²) in [7, 11) is 1.49. The van der Waals surface area contributed by atoms with Crippen molar-refractivity contribution in [1.29, 1.82) is 0 Å². The van der Waals surface area contributed by atoms with Gasteiger partial charge in [-0.2, -0.15) is 0 Å². The van der Waals surface area contributed by atoms with Gasteiger partial charge in [0.15, 0.2) is 0 Å². The fourth-order valence-electron chi connectivity index (χ4n) is 1.92. The summed E-state index contributed by atoms with van der Waals surface area (Å²) in [6, 6.07) is 4.82. The molecule has 2 rings (SSSR count). The van der Waals surface area contributed by atoms with Crippen LogP contribution in [0, 0.1) is 5.82 Å². The number of halogens is 1. The van der Waals surface area contributed by atoms with Gasteiger partial charge in [0.2, 0.25) is 5.91 Å². The Balaban J connectivity index is 2.07. The van der Waals surface area contributed by atoms with Crippen molar-refractivity contribution in [2.75, 3.05) is 18.5 Å². The Labute approximate surface area is 104 Å². The normalized spacial score (nSPS) is 18.9. The van der Waals surface area contributed by atoms with Gasteiger partial charge in [0, 0.05) is 19.3 Å². The van der Waals surface area contributed by atoms with Gasteiger partial charge in [-0.1, -0.05) is 0 Å². The van der Waals surface area contributed by atoms with Crippen LogP contribution in [0.3, 0.4) is 0 Å². The lowest BCUT2D eigenvalue weighted by Gasteiger charge is -2.17. The molecule has 1 fully saturated rings. The molecule has 18 heavy (non-hydrogen) atoms. The Morgan fingerprint density at radius 2 is 2.06 bits per heavy atom. The number of hydrogen-bond acceptors (Lipinski definition) is 2. The molecule has 6 heteroatoms. The minimum atomic E-state index is -0.519. The van der Waals surface area contributed by atoms with E-state index in [1.165, 1.54) is 19.2 Å². The molecule has 0 spiro atoms. The molecule has 0 bridgehead atoms. The van der Waals surface area contributed by atoms with Crippen LogP contribution in [0.2, 0.25) is 0 Å². The predicted octanol–water partition coefficient (Wildman–Crippen LogP) is 0.860. The maximum Gasteiger partial charge on any atom is 0.315 e. The fraction of sp³-hybridized carbons (Fsp3) is 0.333. The molecule has 0 unspecified atom stereocenters. The number of nitrogens with zero attached hydrogens (tertiary/aromatic N) is 1. The Kier molecular flexibility index (Phi) is 3.45. The second-order valence-corrected chi connectivity index (χ2v) is 4.03. The molecule has 3 amide bonds. The highest BCUT2D eigenvalue weighted by molar-refractivity contribution is 6.01. The molecule has 1 aliphatic rings. The van der Waals surface area contributed by atoms with E-state index in [1.807, 2.05) is 0 Å². The molecule has 0 radical (unpaired) electrons. The smallest absolute Gasteiger partial charge is 0.315 e. The van der Waals surface area contributed by atoms with Crippen LogP contribution in [0.25, 0.3) is 0 Å². The Hall–Kier alpha value is -2.11. The van der Waals surface area contributed by atoms with Crippen LogP contribution in [0.1, 0.15) is 6.42 Å². The second-order valence-electron chi connectivity index (χ2n) is 4.03. The third-order valence-electron chi connectivity index (χ3n) is 2.88. The van der Waals surface area contributed by atoms with Gasteiger partial charge in [-0.15, -0.1) is 0 Å². The van der Waals surface area contributed by atoms with Crippen LogP contribution < -0.4 is 15.5 Å². The average molecular weight is 251 g/mol. The number of rotatable bonds is 2. The van der Waals surface area contributed by atoms with E-state index in [-0.39, 0.29) is 17.8 Å². The van der Waals surface area contributed by atoms with Gasteiger partial charge in [0.1, 0.15) is 11.9 Å². The monoisotopic (exact) mass is 251 g/mol. The first-order valence-electron chi connectivity index (χ1n) is 5.67. The molecule has 1 atom stereocenters. The zero-order chi connectivity index (χ0) is 13.1. The number of carbonyl (C=O) groups excluding carboxylic acids is 2. The summed E-state index contributed by atoms with van der Waals surface area (Å²) in [4.78, 5) is 24.7. The van der Waals surface area contributed by atoms with Gasteiger partial charge < -0.3 is 15.5 Å². The van der Waals surface area contributed by atoms with Crippen LogP contribution in [0.15, 0.2) is 24.3 Å². The molecule has 96 valence electrons. The lowest BCUT2D eigenvalue weighted by Crippen LogP contribution is -2.45. The quantitative estimate of drug-likeness (QED) is 0.819. The van der Waals surface area contributed by atoms with Crippen molar-refractivity contribution in [3.8, 4) is 0 Å². The van der Waals surface area contributed by atoms with Crippen LogP contribution in [0.5, 0.6) is 0 Å². The molecule has 1 aliphatic heterocycles. The summed E-state index contributed by atoms with van der Waals surface area (Å²) < 4.78 is 12.8. The van der Waals surface area contributed by atoms with E-state index in [9.17, 15) is 14.0 Å². The minimum Gasteiger partial charge on any atom is -0.341 e. The SMILES string of the molecule is CNC(=O)N[C@H]1CCN(c2ccc(F)cc2)C1=O. The second kappa shape index (κ2) is 5.03. The third kappa shape index (κ3) is 2.42. The molecule has 1 aromatic carbocycles. The molecular weight excluding hydrogens is 237 g/mol. The highest BCUT2D eigenvalue weighted by Crippen LogP contribution is 2.21. The summed E-state index contributed by atoms with van der Waals surface area (Å²) in [6.07, 6.45) is 0.545. The molecule has 1 heterocycles. The highest BCUT2D eigenvalue weighted by atomic mass is 19.1. The highest BCUT2D eigenvalue weighted by Gasteiger charge is 2.33. The summed E-state index contributed by atoms with van der Waals surface area (Å²) in [6.45, 7) is 0.513. The van der Waals surface area contributed by atoms with Gasteiger partial charge in [0.25, 0.3) is 0 Å². The molecule has 1 saturated heterocycles. The summed E-state index contributed by atoms with van der Waals surface area (Å²) >= 11 is 0. The topological polar surface area (TPSA) is 61.4 Å². The Bertz CT molecular complexity index is 461. The molecule has 0 aromatic heterocycles. The molecule has 1 aromatic rings. The van der Waals surface area contributed by atoms with E-state index < -0.39 is 6.04 Å². The lowest BCUT2D eigenvalue weighted by molar-refractivity contribution is -0.118. The molecule has 2 N–H and O–H groups in total. The largest absolute Gasteiger partial charge is 0.341 e. The maximum atomic E-state index is 12.8. The lowest BCUT2D eigenvalue weighted by atomic mass is 10.2. The summed E-state index contributed by atoms with van der Waals surface area (Å²) in [5.41, 5.74) is 0.641. The number of hydrogen-bond donors (Lipinski definition) is 2. The van der Waals surface area contributed by atoms with Gasteiger partial charge in [-0.3, -0.25) is 4.79 Å². The number of amides is 3. The third-order valence-corrected chi connectivity index (χ3v) is 2.88. The van der Waals surface area contributed by atoms with E-state index in [4.69, 9.17) is 0 Å². The zero-order valence-electron chi connectivity index (χ0n) is 9.94. The molecule has 0 saturated carbocycles. The standard InChI is InChI=1S/C12H14FN3O2/c1-14-12(18)15-10-6-7-16(11(10)17)9-4-2-8(13)3-5-9/h2-5,10H,6-7H2,1H3,(H2,14,15,18)/t10-/m0/s1. The van der Waals surface area contributed by atoms with Crippen LogP contribution in [-0.4, -0.2) is 31.6 Å². The number of benzene rings is 1. The van der Waals surface area contributed by atoms with Crippen LogP contribution >= 0.6 is 0 Å². The van der Waals surface area contributed by atoms with Crippen molar-refractivity contribution in [2.45, 2.75) is 12.5 Å². The van der Waals surface area contributed by atoms with E-state index >= 15 is 0 Å². The fourth-order valence-corrected chi connectivity index (χ4v) is 1.92. The van der Waals surface area contributed by atoms with Crippen molar-refractivity contribution >= 4 is 17.6 Å². The van der Waals surface area contributed by atoms with Gasteiger partial charge in [-0.25, -0.2) is 9.18 Å². The summed E-state index contributed by atoms with van der Waals surface area (Å²) in [5.74, 6) is -0.518. The zero-order valence-corrected chi connectivity index (χ0v) is 9.94. The first kappa shape index (κ1) is 12.3.